The Morgan fingerprint density at radius 2 is 2.12 bits per heavy atom. The number of para-hydroxylation sites is 1. The van der Waals surface area contributed by atoms with E-state index < -0.39 is 6.10 Å². The number of nitrogens with zero attached hydrogens (tertiary/aromatic N) is 1. The molecule has 0 fully saturated rings. The number of halogens is 1. The molecule has 0 radical (unpaired) electrons. The van der Waals surface area contributed by atoms with E-state index in [9.17, 15) is 5.11 Å². The van der Waals surface area contributed by atoms with Crippen LogP contribution in [0.3, 0.4) is 0 Å². The fourth-order valence-corrected chi connectivity index (χ4v) is 2.20. The number of guanidine groups is 1. The topological polar surface area (TPSA) is 79.0 Å². The Balaban J connectivity index is 0.00000338. The fourth-order valence-electron chi connectivity index (χ4n) is 2.20. The third-order valence-corrected chi connectivity index (χ3v) is 3.42. The summed E-state index contributed by atoms with van der Waals surface area (Å²) in [6.07, 6.45) is 2.52. The molecule has 3 N–H and O–H groups in total. The van der Waals surface area contributed by atoms with Crippen molar-refractivity contribution >= 4 is 29.9 Å². The monoisotopic (exact) mass is 471 g/mol. The molecule has 0 spiro atoms. The van der Waals surface area contributed by atoms with Gasteiger partial charge in [-0.1, -0.05) is 30.9 Å². The maximum atomic E-state index is 10.1. The van der Waals surface area contributed by atoms with Gasteiger partial charge in [0, 0.05) is 12.1 Å². The van der Waals surface area contributed by atoms with Crippen molar-refractivity contribution in [3.05, 3.63) is 66.6 Å². The second kappa shape index (κ2) is 12.4. The summed E-state index contributed by atoms with van der Waals surface area (Å²) < 4.78 is 10.8. The van der Waals surface area contributed by atoms with Crippen molar-refractivity contribution in [3.63, 3.8) is 0 Å². The Labute approximate surface area is 171 Å². The van der Waals surface area contributed by atoms with Crippen molar-refractivity contribution in [2.24, 2.45) is 4.99 Å². The first-order valence-electron chi connectivity index (χ1n) is 8.29. The molecule has 0 aliphatic heterocycles. The van der Waals surface area contributed by atoms with Gasteiger partial charge in [0.15, 0.2) is 5.96 Å². The fraction of sp³-hybridized carbons (Fsp3) is 0.316. The average molecular weight is 471 g/mol. The van der Waals surface area contributed by atoms with Gasteiger partial charge in [0.25, 0.3) is 0 Å². The SMILES string of the molecule is C=CCOc1ccccc1CN=C(NCC)NCC(O)c1ccco1.I. The molecule has 0 amide bonds. The number of aliphatic imine (C=N–C) groups is 1. The van der Waals surface area contributed by atoms with Crippen LogP contribution in [-0.4, -0.2) is 30.8 Å². The number of benzene rings is 1. The summed E-state index contributed by atoms with van der Waals surface area (Å²) in [5, 5.41) is 16.4. The highest BCUT2D eigenvalue weighted by Gasteiger charge is 2.11. The van der Waals surface area contributed by atoms with Crippen LogP contribution >= 0.6 is 24.0 Å². The molecular formula is C19H26IN3O3. The lowest BCUT2D eigenvalue weighted by Crippen LogP contribution is -2.39. The molecule has 26 heavy (non-hydrogen) atoms. The van der Waals surface area contributed by atoms with Gasteiger partial charge in [-0.2, -0.15) is 0 Å². The molecule has 0 bridgehead atoms. The van der Waals surface area contributed by atoms with Crippen molar-refractivity contribution in [2.45, 2.75) is 19.6 Å². The zero-order chi connectivity index (χ0) is 17.9. The lowest BCUT2D eigenvalue weighted by atomic mass is 10.2. The van der Waals surface area contributed by atoms with E-state index in [1.54, 1.807) is 18.2 Å². The summed E-state index contributed by atoms with van der Waals surface area (Å²) in [5.74, 6) is 1.93. The number of nitrogens with one attached hydrogen (secondary N) is 2. The minimum atomic E-state index is -0.734. The molecule has 6 nitrogen and oxygen atoms in total. The molecule has 1 aromatic carbocycles. The third kappa shape index (κ3) is 7.09. The van der Waals surface area contributed by atoms with Gasteiger partial charge in [0.05, 0.1) is 19.4 Å². The van der Waals surface area contributed by atoms with E-state index >= 15 is 0 Å². The molecular weight excluding hydrogens is 445 g/mol. The predicted octanol–water partition coefficient (Wildman–Crippen LogP) is 3.25. The van der Waals surface area contributed by atoms with Crippen LogP contribution in [0.15, 0.2) is 64.7 Å². The third-order valence-electron chi connectivity index (χ3n) is 3.42. The van der Waals surface area contributed by atoms with Crippen LogP contribution in [0.2, 0.25) is 0 Å². The highest BCUT2D eigenvalue weighted by molar-refractivity contribution is 14.0. The molecule has 0 aliphatic carbocycles. The molecule has 2 aromatic rings. The number of aliphatic hydroxyl groups excluding tert-OH is 1. The zero-order valence-corrected chi connectivity index (χ0v) is 17.2. The second-order valence-corrected chi connectivity index (χ2v) is 5.31. The van der Waals surface area contributed by atoms with E-state index in [-0.39, 0.29) is 24.0 Å². The van der Waals surface area contributed by atoms with Crippen LogP contribution in [0.25, 0.3) is 0 Å². The number of hydrogen-bond acceptors (Lipinski definition) is 4. The highest BCUT2D eigenvalue weighted by atomic mass is 127. The summed E-state index contributed by atoms with van der Waals surface area (Å²) in [6.45, 7) is 7.58. The van der Waals surface area contributed by atoms with Gasteiger partial charge in [0.1, 0.15) is 24.2 Å². The zero-order valence-electron chi connectivity index (χ0n) is 14.9. The van der Waals surface area contributed by atoms with Gasteiger partial charge in [-0.3, -0.25) is 0 Å². The van der Waals surface area contributed by atoms with E-state index in [1.807, 2.05) is 31.2 Å². The Morgan fingerprint density at radius 3 is 2.81 bits per heavy atom. The van der Waals surface area contributed by atoms with Crippen LogP contribution in [-0.2, 0) is 6.54 Å². The molecule has 142 valence electrons. The highest BCUT2D eigenvalue weighted by Crippen LogP contribution is 2.19. The van der Waals surface area contributed by atoms with Gasteiger partial charge >= 0.3 is 0 Å². The number of furan rings is 1. The first-order chi connectivity index (χ1) is 12.2. The molecule has 1 unspecified atom stereocenters. The lowest BCUT2D eigenvalue weighted by Gasteiger charge is -2.14. The minimum absolute atomic E-state index is 0. The minimum Gasteiger partial charge on any atom is -0.489 e. The molecule has 0 saturated heterocycles. The van der Waals surface area contributed by atoms with E-state index in [4.69, 9.17) is 9.15 Å². The number of rotatable bonds is 9. The van der Waals surface area contributed by atoms with Crippen LogP contribution < -0.4 is 15.4 Å². The summed E-state index contributed by atoms with van der Waals surface area (Å²) in [6, 6.07) is 11.3. The summed E-state index contributed by atoms with van der Waals surface area (Å²) >= 11 is 0. The van der Waals surface area contributed by atoms with E-state index in [0.717, 1.165) is 17.9 Å². The van der Waals surface area contributed by atoms with E-state index in [0.29, 0.717) is 31.4 Å². The van der Waals surface area contributed by atoms with Gasteiger partial charge in [-0.05, 0) is 25.1 Å². The normalized spacial score (nSPS) is 12.0. The summed E-state index contributed by atoms with van der Waals surface area (Å²) in [7, 11) is 0. The first kappa shape index (κ1) is 22.0. The standard InChI is InChI=1S/C19H25N3O3.HI/c1-3-11-24-17-9-6-5-8-15(17)13-21-19(20-4-2)22-14-16(23)18-10-7-12-25-18;/h3,5-10,12,16,23H,1,4,11,13-14H2,2H3,(H2,20,21,22);1H. The summed E-state index contributed by atoms with van der Waals surface area (Å²) in [4.78, 5) is 4.55. The maximum Gasteiger partial charge on any atom is 0.191 e. The Morgan fingerprint density at radius 1 is 1.31 bits per heavy atom. The number of ether oxygens (including phenoxy) is 1. The Bertz CT molecular complexity index is 674. The molecule has 7 heteroatoms. The number of hydrogen-bond donors (Lipinski definition) is 3. The Kier molecular flexibility index (Phi) is 10.5. The van der Waals surface area contributed by atoms with Crippen molar-refractivity contribution in [1.82, 2.24) is 10.6 Å². The largest absolute Gasteiger partial charge is 0.489 e. The lowest BCUT2D eigenvalue weighted by molar-refractivity contribution is 0.153. The van der Waals surface area contributed by atoms with Crippen LogP contribution in [0.4, 0.5) is 0 Å². The van der Waals surface area contributed by atoms with Gasteiger partial charge in [-0.15, -0.1) is 24.0 Å². The van der Waals surface area contributed by atoms with Crippen LogP contribution in [0.5, 0.6) is 5.75 Å². The molecule has 0 aliphatic rings. The molecule has 2 rings (SSSR count). The van der Waals surface area contributed by atoms with Gasteiger partial charge in [0.2, 0.25) is 0 Å². The Hall–Kier alpha value is -2.00. The molecule has 1 atom stereocenters. The second-order valence-electron chi connectivity index (χ2n) is 5.31. The summed E-state index contributed by atoms with van der Waals surface area (Å²) in [5.41, 5.74) is 0.980. The van der Waals surface area contributed by atoms with Crippen LogP contribution in [0.1, 0.15) is 24.4 Å². The van der Waals surface area contributed by atoms with Crippen LogP contribution in [0, 0.1) is 0 Å². The van der Waals surface area contributed by atoms with Gasteiger partial charge < -0.3 is 24.9 Å². The molecule has 1 heterocycles. The van der Waals surface area contributed by atoms with Crippen molar-refractivity contribution in [3.8, 4) is 5.75 Å². The van der Waals surface area contributed by atoms with Gasteiger partial charge in [-0.25, -0.2) is 4.99 Å². The van der Waals surface area contributed by atoms with Crippen molar-refractivity contribution in [2.75, 3.05) is 19.7 Å². The predicted molar refractivity (Wildman–Crippen MR) is 114 cm³/mol. The number of aliphatic hydroxyl groups is 1. The van der Waals surface area contributed by atoms with E-state index in [2.05, 4.69) is 22.2 Å². The smallest absolute Gasteiger partial charge is 0.191 e. The molecule has 0 saturated carbocycles. The quantitative estimate of drug-likeness (QED) is 0.227. The first-order valence-corrected chi connectivity index (χ1v) is 8.29. The van der Waals surface area contributed by atoms with Crippen molar-refractivity contribution < 1.29 is 14.3 Å². The maximum absolute atomic E-state index is 10.1. The van der Waals surface area contributed by atoms with Crippen molar-refractivity contribution in [1.29, 1.82) is 0 Å². The molecule has 1 aromatic heterocycles. The average Bonchev–Trinajstić information content (AvgIpc) is 3.17. The van der Waals surface area contributed by atoms with E-state index in [1.165, 1.54) is 6.26 Å².